The van der Waals surface area contributed by atoms with Gasteiger partial charge in [0.25, 0.3) is 0 Å². The van der Waals surface area contributed by atoms with E-state index < -0.39 is 0 Å². The second kappa shape index (κ2) is 7.24. The molecule has 2 heterocycles. The lowest BCUT2D eigenvalue weighted by atomic mass is 10.0. The van der Waals surface area contributed by atoms with Gasteiger partial charge in [-0.15, -0.1) is 0 Å². The van der Waals surface area contributed by atoms with Gasteiger partial charge in [-0.1, -0.05) is 23.7 Å². The highest BCUT2D eigenvalue weighted by Gasteiger charge is 2.24. The normalized spacial score (nSPS) is 20.8. The third-order valence-corrected chi connectivity index (χ3v) is 5.07. The number of aromatic hydroxyl groups is 1. The van der Waals surface area contributed by atoms with Crippen molar-refractivity contribution in [2.24, 2.45) is 0 Å². The standard InChI is InChI=1S/C20H22ClNO3/c21-17-4-1-3-14(10-17)15-9-16-12-22(13-18-5-2-7-24-18)6-8-25-20(16)19(23)11-15/h1,3-4,9-11,18,23H,2,5-8,12-13H2. The average Bonchev–Trinajstić information content (AvgIpc) is 3.01. The Labute approximate surface area is 152 Å². The van der Waals surface area contributed by atoms with Crippen LogP contribution < -0.4 is 4.74 Å². The van der Waals surface area contributed by atoms with E-state index in [1.807, 2.05) is 24.3 Å². The molecule has 2 aliphatic heterocycles. The topological polar surface area (TPSA) is 41.9 Å². The van der Waals surface area contributed by atoms with E-state index in [0.717, 1.165) is 55.8 Å². The van der Waals surface area contributed by atoms with Crippen molar-refractivity contribution < 1.29 is 14.6 Å². The Morgan fingerprint density at radius 3 is 2.88 bits per heavy atom. The summed E-state index contributed by atoms with van der Waals surface area (Å²) in [7, 11) is 0. The Morgan fingerprint density at radius 1 is 1.16 bits per heavy atom. The van der Waals surface area contributed by atoms with Gasteiger partial charge in [0.05, 0.1) is 6.10 Å². The molecule has 1 fully saturated rings. The molecule has 0 saturated carbocycles. The second-order valence-electron chi connectivity index (χ2n) is 6.71. The van der Waals surface area contributed by atoms with Gasteiger partial charge in [0.2, 0.25) is 0 Å². The first-order chi connectivity index (χ1) is 12.2. The Bertz CT molecular complexity index is 759. The maximum absolute atomic E-state index is 10.5. The fourth-order valence-corrected chi connectivity index (χ4v) is 3.81. The molecule has 132 valence electrons. The molecule has 1 N–H and O–H groups in total. The number of nitrogens with zero attached hydrogens (tertiary/aromatic N) is 1. The van der Waals surface area contributed by atoms with E-state index in [2.05, 4.69) is 11.0 Å². The molecule has 2 aromatic carbocycles. The van der Waals surface area contributed by atoms with E-state index in [0.29, 0.717) is 23.5 Å². The van der Waals surface area contributed by atoms with Gasteiger partial charge >= 0.3 is 0 Å². The van der Waals surface area contributed by atoms with Crippen molar-refractivity contribution >= 4 is 11.6 Å². The lowest BCUT2D eigenvalue weighted by Crippen LogP contribution is -2.33. The molecule has 0 radical (unpaired) electrons. The summed E-state index contributed by atoms with van der Waals surface area (Å²) in [5, 5.41) is 11.1. The van der Waals surface area contributed by atoms with Crippen LogP contribution in [0.2, 0.25) is 5.02 Å². The number of phenols is 1. The van der Waals surface area contributed by atoms with E-state index >= 15 is 0 Å². The summed E-state index contributed by atoms with van der Waals surface area (Å²) in [5.41, 5.74) is 2.94. The van der Waals surface area contributed by atoms with Gasteiger partial charge in [0.15, 0.2) is 11.5 Å². The molecule has 2 aliphatic rings. The van der Waals surface area contributed by atoms with Crippen molar-refractivity contribution in [3.8, 4) is 22.6 Å². The molecule has 2 aromatic rings. The molecule has 0 bridgehead atoms. The van der Waals surface area contributed by atoms with Crippen molar-refractivity contribution in [3.05, 3.63) is 47.0 Å². The predicted octanol–water partition coefficient (Wildman–Crippen LogP) is 4.09. The van der Waals surface area contributed by atoms with E-state index in [1.165, 1.54) is 0 Å². The maximum Gasteiger partial charge on any atom is 0.165 e. The van der Waals surface area contributed by atoms with Gasteiger partial charge in [-0.3, -0.25) is 4.90 Å². The van der Waals surface area contributed by atoms with Crippen LogP contribution in [0.3, 0.4) is 0 Å². The first-order valence-corrected chi connectivity index (χ1v) is 9.15. The molecule has 4 rings (SSSR count). The number of halogens is 1. The summed E-state index contributed by atoms with van der Waals surface area (Å²) in [6, 6.07) is 11.5. The number of phenolic OH excluding ortho intramolecular Hbond substituents is 1. The second-order valence-corrected chi connectivity index (χ2v) is 7.15. The third-order valence-electron chi connectivity index (χ3n) is 4.84. The van der Waals surface area contributed by atoms with Crippen molar-refractivity contribution in [2.75, 3.05) is 26.3 Å². The Morgan fingerprint density at radius 2 is 2.08 bits per heavy atom. The van der Waals surface area contributed by atoms with Gasteiger partial charge in [-0.25, -0.2) is 0 Å². The number of benzene rings is 2. The van der Waals surface area contributed by atoms with Crippen molar-refractivity contribution in [1.82, 2.24) is 4.90 Å². The van der Waals surface area contributed by atoms with E-state index in [9.17, 15) is 5.11 Å². The third kappa shape index (κ3) is 3.76. The molecule has 5 heteroatoms. The summed E-state index contributed by atoms with van der Waals surface area (Å²) in [6.07, 6.45) is 2.58. The lowest BCUT2D eigenvalue weighted by molar-refractivity contribution is 0.0687. The van der Waals surface area contributed by atoms with Crippen LogP contribution in [0.5, 0.6) is 11.5 Å². The van der Waals surface area contributed by atoms with Crippen LogP contribution in [0, 0.1) is 0 Å². The van der Waals surface area contributed by atoms with Crippen LogP contribution in [0.1, 0.15) is 18.4 Å². The van der Waals surface area contributed by atoms with Crippen molar-refractivity contribution in [1.29, 1.82) is 0 Å². The molecule has 4 nitrogen and oxygen atoms in total. The van der Waals surface area contributed by atoms with Crippen LogP contribution in [0.15, 0.2) is 36.4 Å². The minimum atomic E-state index is 0.187. The number of ether oxygens (including phenoxy) is 2. The van der Waals surface area contributed by atoms with Gasteiger partial charge in [0, 0.05) is 36.8 Å². The van der Waals surface area contributed by atoms with E-state index in [4.69, 9.17) is 21.1 Å². The molecule has 25 heavy (non-hydrogen) atoms. The number of hydrogen-bond acceptors (Lipinski definition) is 4. The Balaban J connectivity index is 1.62. The van der Waals surface area contributed by atoms with Gasteiger partial charge in [0.1, 0.15) is 6.61 Å². The van der Waals surface area contributed by atoms with Crippen molar-refractivity contribution in [3.63, 3.8) is 0 Å². The Hall–Kier alpha value is -1.75. The van der Waals surface area contributed by atoms with Gasteiger partial charge in [-0.05, 0) is 48.2 Å². The first-order valence-electron chi connectivity index (χ1n) is 8.77. The zero-order chi connectivity index (χ0) is 17.2. The molecular weight excluding hydrogens is 338 g/mol. The fourth-order valence-electron chi connectivity index (χ4n) is 3.62. The lowest BCUT2D eigenvalue weighted by Gasteiger charge is -2.22. The molecule has 1 saturated heterocycles. The molecule has 0 aromatic heterocycles. The molecular formula is C20H22ClNO3. The molecule has 0 amide bonds. The molecule has 0 spiro atoms. The fraction of sp³-hybridized carbons (Fsp3) is 0.400. The van der Waals surface area contributed by atoms with Crippen molar-refractivity contribution in [2.45, 2.75) is 25.5 Å². The van der Waals surface area contributed by atoms with E-state index in [1.54, 1.807) is 6.07 Å². The minimum Gasteiger partial charge on any atom is -0.504 e. The highest BCUT2D eigenvalue weighted by Crippen LogP contribution is 2.38. The zero-order valence-electron chi connectivity index (χ0n) is 14.1. The molecule has 1 atom stereocenters. The molecule has 0 aliphatic carbocycles. The smallest absolute Gasteiger partial charge is 0.165 e. The van der Waals surface area contributed by atoms with Crippen LogP contribution in [-0.4, -0.2) is 42.4 Å². The van der Waals surface area contributed by atoms with Gasteiger partial charge < -0.3 is 14.6 Å². The van der Waals surface area contributed by atoms with Crippen LogP contribution in [-0.2, 0) is 11.3 Å². The monoisotopic (exact) mass is 359 g/mol. The summed E-state index contributed by atoms with van der Waals surface area (Å²) in [5.74, 6) is 0.784. The maximum atomic E-state index is 10.5. The van der Waals surface area contributed by atoms with E-state index in [-0.39, 0.29) is 5.75 Å². The average molecular weight is 360 g/mol. The van der Waals surface area contributed by atoms with Crippen LogP contribution in [0.4, 0.5) is 0 Å². The number of rotatable bonds is 3. The number of fused-ring (bicyclic) bond motifs is 1. The summed E-state index contributed by atoms with van der Waals surface area (Å²) in [6.45, 7) is 3.93. The zero-order valence-corrected chi connectivity index (χ0v) is 14.8. The predicted molar refractivity (Wildman–Crippen MR) is 98.3 cm³/mol. The summed E-state index contributed by atoms with van der Waals surface area (Å²) < 4.78 is 11.6. The quantitative estimate of drug-likeness (QED) is 0.896. The summed E-state index contributed by atoms with van der Waals surface area (Å²) >= 11 is 6.11. The summed E-state index contributed by atoms with van der Waals surface area (Å²) in [4.78, 5) is 2.35. The van der Waals surface area contributed by atoms with Crippen LogP contribution >= 0.6 is 11.6 Å². The minimum absolute atomic E-state index is 0.187. The largest absolute Gasteiger partial charge is 0.504 e. The van der Waals surface area contributed by atoms with Gasteiger partial charge in [-0.2, -0.15) is 0 Å². The van der Waals surface area contributed by atoms with Crippen LogP contribution in [0.25, 0.3) is 11.1 Å². The highest BCUT2D eigenvalue weighted by molar-refractivity contribution is 6.30. The SMILES string of the molecule is Oc1cc(-c2cccc(Cl)c2)cc2c1OCCN(CC1CCCO1)C2. The molecule has 1 unspecified atom stereocenters. The first kappa shape index (κ1) is 16.7. The number of hydrogen-bond donors (Lipinski definition) is 1. The highest BCUT2D eigenvalue weighted by atomic mass is 35.5. The Kier molecular flexibility index (Phi) is 4.84.